The molecular weight excluding hydrogens is 1320 g/mol. The van der Waals surface area contributed by atoms with Gasteiger partial charge in [-0.15, -0.1) is 0 Å². The van der Waals surface area contributed by atoms with Crippen LogP contribution in [-0.4, -0.2) is 63.7 Å². The summed E-state index contributed by atoms with van der Waals surface area (Å²) in [6.45, 7) is 8.50. The number of carbonyl (C=O) groups is 1. The summed E-state index contributed by atoms with van der Waals surface area (Å²) in [5.41, 5.74) is 21.0. The molecule has 12 aromatic carbocycles. The summed E-state index contributed by atoms with van der Waals surface area (Å²) in [5, 5.41) is 19.9. The van der Waals surface area contributed by atoms with Gasteiger partial charge in [-0.3, -0.25) is 4.79 Å². The van der Waals surface area contributed by atoms with Crippen LogP contribution in [-0.2, 0) is 27.3 Å². The van der Waals surface area contributed by atoms with Gasteiger partial charge < -0.3 is 42.3 Å². The number of aryl methyl sites for hydroxylation is 4. The van der Waals surface area contributed by atoms with Crippen LogP contribution in [0.3, 0.4) is 0 Å². The quantitative estimate of drug-likeness (QED) is 0.118. The number of fused-ring (bicyclic) bond motifs is 12. The molecule has 12 nitrogen and oxygen atoms in total. The molecule has 1 N–H and O–H groups in total. The zero-order valence-corrected chi connectivity index (χ0v) is 58.8. The molecule has 103 heavy (non-hydrogen) atoms. The van der Waals surface area contributed by atoms with E-state index in [0.29, 0.717) is 0 Å². The Morgan fingerprint density at radius 2 is 0.515 bits per heavy atom. The summed E-state index contributed by atoms with van der Waals surface area (Å²) in [5.74, 6) is 26.0. The van der Waals surface area contributed by atoms with Crippen LogP contribution < -0.4 is 18.9 Å². The molecule has 4 aromatic heterocycles. The predicted molar refractivity (Wildman–Crippen MR) is 408 cm³/mol. The van der Waals surface area contributed by atoms with Gasteiger partial charge in [-0.2, -0.15) is 0 Å². The van der Waals surface area contributed by atoms with Crippen molar-refractivity contribution in [3.8, 4) is 93.1 Å². The van der Waals surface area contributed by atoms with E-state index in [4.69, 9.17) is 26.6 Å². The second-order valence-electron chi connectivity index (χ2n) is 25.0. The Hall–Kier alpha value is -13.0. The van der Waals surface area contributed by atoms with Gasteiger partial charge in [0.2, 0.25) is 0 Å². The summed E-state index contributed by atoms with van der Waals surface area (Å²) in [7, 11) is 6.69. The molecule has 0 spiro atoms. The van der Waals surface area contributed by atoms with E-state index < -0.39 is 26.7 Å². The number of ether oxygens (including phenoxy) is 4. The third kappa shape index (κ3) is 13.6. The Morgan fingerprint density at radius 1 is 0.311 bits per heavy atom. The molecule has 0 saturated heterocycles. The second-order valence-corrected chi connectivity index (χ2v) is 25.2. The van der Waals surface area contributed by atoms with Crippen LogP contribution in [0.4, 0.5) is 0 Å². The standard InChI is InChI=1S/C45H34N2O3.C45H32N2O3.Mn.2O/c2*1-29-5-21-42-38(25-29)39-26-30(2)6-22-43(39)46(42)33-13-7-31(8-14-33)11-17-35(48)18-12-32-9-15-34(16-10-32)47-44-23-19-36(49-3)27-40(44)41-28-37(50-4)20-24-45(41)47;;;/h5-10,13-16,19-28,35,48H,1-4H3;5-10,13-16,19-28H,1-4H3;;;. The molecule has 0 aliphatic rings. The van der Waals surface area contributed by atoms with Crippen molar-refractivity contribution in [1.82, 2.24) is 18.3 Å². The van der Waals surface area contributed by atoms with E-state index in [1.807, 2.05) is 121 Å². The van der Waals surface area contributed by atoms with Gasteiger partial charge in [0.1, 0.15) is 23.0 Å². The molecule has 13 heteroatoms. The third-order valence-corrected chi connectivity index (χ3v) is 18.4. The fraction of sp³-hybridized carbons (Fsp3) is 0.100. The number of hydrogen-bond donors (Lipinski definition) is 1. The van der Waals surface area contributed by atoms with Crippen molar-refractivity contribution < 1.29 is 51.3 Å². The number of Topliss-reactive ketones (excluding diaryl/α,β-unsaturated/α-hetero) is 1. The maximum absolute atomic E-state index is 12.7. The average molecular weight is 1390 g/mol. The Bertz CT molecular complexity index is 6120. The number of methoxy groups -OCH3 is 4. The molecule has 1 atom stereocenters. The van der Waals surface area contributed by atoms with E-state index in [0.717, 1.165) is 123 Å². The number of hydrogen-bond acceptors (Lipinski definition) is 8. The SMILES string of the molecule is COc1ccc2c(c1)c1cc(OC)ccc1n2-c1ccc(C#CC(=O)C#Cc2ccc(-n3c4ccc(C)cc4c4cc(C)ccc43)cc2)cc1.COc1ccc2c(c1)c1cc(OC)ccc1n2-c1ccc(C#CC(O)C#Cc2ccc(-n3c4ccc(C)cc4c4cc(C)ccc43)cc2)cc1.[O]=[Mn]=[O]. The third-order valence-electron chi connectivity index (χ3n) is 18.4. The Kier molecular flexibility index (Phi) is 19.0. The zero-order chi connectivity index (χ0) is 71.4. The van der Waals surface area contributed by atoms with Crippen molar-refractivity contribution in [2.45, 2.75) is 33.8 Å². The van der Waals surface area contributed by atoms with Crippen LogP contribution in [0.5, 0.6) is 23.0 Å². The minimum absolute atomic E-state index is 0.434. The monoisotopic (exact) mass is 1390 g/mol. The number of aromatic nitrogens is 4. The van der Waals surface area contributed by atoms with Gasteiger partial charge in [0.15, 0.2) is 6.10 Å². The second kappa shape index (κ2) is 29.1. The molecule has 4 heterocycles. The Labute approximate surface area is 601 Å². The fourth-order valence-corrected chi connectivity index (χ4v) is 13.5. The molecule has 0 aliphatic heterocycles. The van der Waals surface area contributed by atoms with Crippen LogP contribution >= 0.6 is 0 Å². The molecule has 16 rings (SSSR count). The van der Waals surface area contributed by atoms with Crippen LogP contribution in [0.2, 0.25) is 0 Å². The van der Waals surface area contributed by atoms with Crippen molar-refractivity contribution in [2.75, 3.05) is 28.4 Å². The predicted octanol–water partition coefficient (Wildman–Crippen LogP) is 18.5. The van der Waals surface area contributed by atoms with E-state index in [1.54, 1.807) is 28.4 Å². The number of rotatable bonds is 8. The van der Waals surface area contributed by atoms with Crippen molar-refractivity contribution in [3.05, 3.63) is 287 Å². The van der Waals surface area contributed by atoms with Gasteiger partial charge in [0.25, 0.3) is 5.78 Å². The molecule has 501 valence electrons. The van der Waals surface area contributed by atoms with E-state index in [2.05, 4.69) is 215 Å². The zero-order valence-electron chi connectivity index (χ0n) is 57.6. The first-order chi connectivity index (χ1) is 50.2. The summed E-state index contributed by atoms with van der Waals surface area (Å²) in [6, 6.07) is 82.6. The number of benzene rings is 12. The van der Waals surface area contributed by atoms with Gasteiger partial charge in [-0.05, 0) is 258 Å². The average Bonchev–Trinajstić information content (AvgIpc) is 1.62. The van der Waals surface area contributed by atoms with Crippen molar-refractivity contribution in [2.24, 2.45) is 0 Å². The summed E-state index contributed by atoms with van der Waals surface area (Å²) < 4.78 is 47.8. The van der Waals surface area contributed by atoms with E-state index in [1.165, 1.54) is 54.8 Å². The van der Waals surface area contributed by atoms with Gasteiger partial charge in [-0.25, -0.2) is 0 Å². The van der Waals surface area contributed by atoms with Gasteiger partial charge in [0.05, 0.1) is 72.6 Å². The minimum atomic E-state index is -1.44. The molecule has 0 amide bonds. The molecule has 0 saturated carbocycles. The van der Waals surface area contributed by atoms with E-state index >= 15 is 0 Å². The summed E-state index contributed by atoms with van der Waals surface area (Å²) in [6.07, 6.45) is -1.08. The summed E-state index contributed by atoms with van der Waals surface area (Å²) in [4.78, 5) is 12.7. The van der Waals surface area contributed by atoms with E-state index in [9.17, 15) is 9.90 Å². The molecular formula is C90H66MnN4O8. The first-order valence-corrected chi connectivity index (χ1v) is 34.1. The first-order valence-electron chi connectivity index (χ1n) is 33.2. The van der Waals surface area contributed by atoms with Crippen LogP contribution in [0.15, 0.2) is 243 Å². The number of aliphatic hydroxyl groups is 1. The van der Waals surface area contributed by atoms with Crippen molar-refractivity contribution in [3.63, 3.8) is 0 Å². The molecule has 0 radical (unpaired) electrons. The van der Waals surface area contributed by atoms with Crippen LogP contribution in [0.25, 0.3) is 110 Å². The fourth-order valence-electron chi connectivity index (χ4n) is 13.5. The summed E-state index contributed by atoms with van der Waals surface area (Å²) >= 11 is -1.44. The Balaban J connectivity index is 0.000000168. The molecule has 0 fully saturated rings. The number of ketones is 1. The topological polar surface area (TPSA) is 128 Å². The molecule has 0 aliphatic carbocycles. The van der Waals surface area contributed by atoms with Crippen LogP contribution in [0.1, 0.15) is 44.5 Å². The number of carbonyl (C=O) groups excluding carboxylic acids is 1. The normalized spacial score (nSPS) is 11.1. The molecule has 1 unspecified atom stereocenters. The first kappa shape index (κ1) is 67.2. The van der Waals surface area contributed by atoms with Gasteiger partial charge in [-0.1, -0.05) is 82.0 Å². The molecule has 16 aromatic rings. The van der Waals surface area contributed by atoms with Gasteiger partial charge in [0, 0.05) is 88.1 Å². The van der Waals surface area contributed by atoms with Crippen molar-refractivity contribution in [1.29, 1.82) is 0 Å². The number of aliphatic hydroxyl groups excluding tert-OH is 1. The Morgan fingerprint density at radius 3 is 0.738 bits per heavy atom. The van der Waals surface area contributed by atoms with E-state index in [-0.39, 0.29) is 0 Å². The maximum atomic E-state index is 12.7. The molecule has 0 bridgehead atoms. The number of nitrogens with zero attached hydrogens (tertiary/aromatic N) is 4. The van der Waals surface area contributed by atoms with Gasteiger partial charge >= 0.3 is 22.5 Å². The van der Waals surface area contributed by atoms with Crippen LogP contribution in [0, 0.1) is 75.1 Å². The van der Waals surface area contributed by atoms with Crippen molar-refractivity contribution >= 4 is 93.0 Å².